The molecule has 65 heavy (non-hydrogen) atoms. The number of ketones is 1. The van der Waals surface area contributed by atoms with Gasteiger partial charge in [0.05, 0.1) is 60.1 Å². The summed E-state index contributed by atoms with van der Waals surface area (Å²) in [5, 5.41) is 4.93. The van der Waals surface area contributed by atoms with Crippen LogP contribution in [-0.2, 0) is 36.0 Å². The predicted octanol–water partition coefficient (Wildman–Crippen LogP) is 10.5. The molecule has 0 radical (unpaired) electrons. The van der Waals surface area contributed by atoms with Crippen LogP contribution >= 0.6 is 18.7 Å². The average molecular weight is 939 g/mol. The fourth-order valence-electron chi connectivity index (χ4n) is 9.31. The van der Waals surface area contributed by atoms with Crippen LogP contribution in [0.5, 0.6) is 11.5 Å². The van der Waals surface area contributed by atoms with Gasteiger partial charge in [-0.15, -0.1) is 17.9 Å². The first-order valence-electron chi connectivity index (χ1n) is 22.1. The third-order valence-electron chi connectivity index (χ3n) is 13.0. The second-order valence-corrected chi connectivity index (χ2v) is 22.5. The Bertz CT molecular complexity index is 2480. The van der Waals surface area contributed by atoms with Gasteiger partial charge >= 0.3 is 12.1 Å². The van der Waals surface area contributed by atoms with Gasteiger partial charge < -0.3 is 29.3 Å². The Hall–Kier alpha value is -4.79. The number of amides is 1. The van der Waals surface area contributed by atoms with E-state index in [0.29, 0.717) is 38.9 Å². The highest BCUT2D eigenvalue weighted by Gasteiger charge is 2.65. The first-order valence-corrected chi connectivity index (χ1v) is 24.8. The average Bonchev–Trinajstić information content (AvgIpc) is 3.63. The van der Waals surface area contributed by atoms with Gasteiger partial charge in [0.25, 0.3) is 0 Å². The predicted molar refractivity (Wildman–Crippen MR) is 244 cm³/mol. The highest BCUT2D eigenvalue weighted by molar-refractivity contribution is 7.59. The zero-order valence-corrected chi connectivity index (χ0v) is 39.4. The number of ether oxygens (including phenoxy) is 3. The van der Waals surface area contributed by atoms with E-state index in [-0.39, 0.29) is 43.5 Å². The maximum Gasteiger partial charge on any atom is 0.416 e. The van der Waals surface area contributed by atoms with Gasteiger partial charge in [-0.3, -0.25) is 18.9 Å². The van der Waals surface area contributed by atoms with E-state index in [1.54, 1.807) is 31.4 Å². The van der Waals surface area contributed by atoms with Crippen molar-refractivity contribution in [3.63, 3.8) is 0 Å². The lowest BCUT2D eigenvalue weighted by Gasteiger charge is -2.35. The number of nitrogens with one attached hydrogen (secondary N) is 1. The summed E-state index contributed by atoms with van der Waals surface area (Å²) in [6.45, 7) is 13.3. The normalized spacial score (nSPS) is 22.7. The fraction of sp³-hybridized carbons (Fsp3) is 0.521. The van der Waals surface area contributed by atoms with Crippen molar-refractivity contribution < 1.29 is 51.2 Å². The van der Waals surface area contributed by atoms with Crippen LogP contribution in [0.25, 0.3) is 22.3 Å². The maximum absolute atomic E-state index is 15.0. The number of anilines is 1. The van der Waals surface area contributed by atoms with Gasteiger partial charge in [-0.2, -0.15) is 13.2 Å². The number of hydrogen-bond acceptors (Lipinski definition) is 11. The molecular formula is C48H58F3N4O8PS. The number of likely N-dealkylation sites (tertiary alicyclic amines) is 1. The molecule has 2 aromatic carbocycles. The lowest BCUT2D eigenvalue weighted by Crippen LogP contribution is -2.48. The summed E-state index contributed by atoms with van der Waals surface area (Å²) in [5.74, 6) is -2.09. The van der Waals surface area contributed by atoms with E-state index in [4.69, 9.17) is 24.2 Å². The van der Waals surface area contributed by atoms with E-state index in [1.807, 2.05) is 40.0 Å². The monoisotopic (exact) mass is 938 g/mol. The number of pyridine rings is 1. The van der Waals surface area contributed by atoms with Crippen LogP contribution in [0.15, 0.2) is 66.6 Å². The maximum atomic E-state index is 15.0. The quantitative estimate of drug-likeness (QED) is 0.0590. The molecule has 12 nitrogen and oxygen atoms in total. The molecule has 1 saturated heterocycles. The largest absolute Gasteiger partial charge is 0.497 e. The van der Waals surface area contributed by atoms with Crippen molar-refractivity contribution in [3.05, 3.63) is 77.7 Å². The number of halogens is 3. The summed E-state index contributed by atoms with van der Waals surface area (Å²) >= 11 is 1.43. The molecule has 3 aliphatic rings. The van der Waals surface area contributed by atoms with Crippen LogP contribution < -0.4 is 14.8 Å². The number of nitrogens with zero attached hydrogens (tertiary/aromatic N) is 3. The summed E-state index contributed by atoms with van der Waals surface area (Å²) < 4.78 is 74.8. The van der Waals surface area contributed by atoms with E-state index in [2.05, 4.69) is 11.9 Å². The first kappa shape index (κ1) is 48.2. The summed E-state index contributed by atoms with van der Waals surface area (Å²) in [7, 11) is -3.00. The summed E-state index contributed by atoms with van der Waals surface area (Å²) in [6.07, 6.45) is -2.37. The molecule has 1 unspecified atom stereocenters. The van der Waals surface area contributed by atoms with Crippen molar-refractivity contribution >= 4 is 52.4 Å². The van der Waals surface area contributed by atoms with Crippen LogP contribution in [0, 0.1) is 17.3 Å². The molecule has 7 rings (SSSR count). The number of thiazole rings is 1. The molecule has 4 aromatic rings. The minimum absolute atomic E-state index is 0.0100. The third-order valence-corrected chi connectivity index (χ3v) is 16.6. The van der Waals surface area contributed by atoms with Gasteiger partial charge in [0, 0.05) is 41.8 Å². The third kappa shape index (κ3) is 10.6. The number of carbonyl (C=O) groups excluding carboxylic acids is 3. The second kappa shape index (κ2) is 18.8. The number of esters is 1. The van der Waals surface area contributed by atoms with Gasteiger partial charge in [-0.25, -0.2) is 9.97 Å². The Balaban J connectivity index is 1.23. The van der Waals surface area contributed by atoms with Crippen LogP contribution in [0.4, 0.5) is 18.3 Å². The number of allylic oxidation sites excluding steroid dienone is 1. The molecule has 350 valence electrons. The zero-order chi connectivity index (χ0) is 47.1. The summed E-state index contributed by atoms with van der Waals surface area (Å²) in [6, 6.07) is 10.7. The molecule has 0 spiro atoms. The zero-order valence-electron chi connectivity index (χ0n) is 37.7. The molecule has 2 N–H and O–H groups in total. The second-order valence-electron chi connectivity index (χ2n) is 19.0. The SMILES string of the molecule is C=C[C@@H]1C[C@]1(CC(=O)[C@@H]1C[C@@H](Oc2cc(-c3csc(NC(C)C)n3)nc3cc(OC)ccc23)CN1C(=O)[C@@H](CC(=O)OC1CCCC1)C(C)(C)C)P(=O)(O)Cc1ccccc1C(F)(F)F. The van der Waals surface area contributed by atoms with Crippen molar-refractivity contribution in [2.75, 3.05) is 19.0 Å². The van der Waals surface area contributed by atoms with Crippen LogP contribution in [0.1, 0.15) is 97.1 Å². The highest BCUT2D eigenvalue weighted by atomic mass is 32.1. The molecule has 6 atom stereocenters. The fourth-order valence-corrected chi connectivity index (χ4v) is 12.7. The minimum atomic E-state index is -4.77. The molecule has 2 aliphatic carbocycles. The Morgan fingerprint density at radius 2 is 1.78 bits per heavy atom. The van der Waals surface area contributed by atoms with E-state index < -0.39 is 83.9 Å². The van der Waals surface area contributed by atoms with Crippen LogP contribution in [0.2, 0.25) is 0 Å². The number of alkyl halides is 3. The van der Waals surface area contributed by atoms with Crippen LogP contribution in [-0.4, -0.2) is 80.5 Å². The molecule has 2 saturated carbocycles. The van der Waals surface area contributed by atoms with Crippen molar-refractivity contribution in [2.24, 2.45) is 17.3 Å². The van der Waals surface area contributed by atoms with Crippen molar-refractivity contribution in [2.45, 2.75) is 128 Å². The van der Waals surface area contributed by atoms with Gasteiger partial charge in [0.1, 0.15) is 29.4 Å². The standard InChI is InChI=1S/C48H58F3N4O8PS/c1-8-30-23-47(30,64(59,60)26-29-13-9-12-16-35(29)48(49,50)51)24-41(56)40-20-33(25-55(40)44(58)36(46(4,5)6)21-43(57)63-31-14-10-11-15-31)62-42-22-38(39-27-65-45(54-39)52-28(2)3)53-37-19-32(61-7)17-18-34(37)42/h8-9,12-13,16-19,22,27-28,30-31,33,36,40H,1,10-11,14-15,20-21,23-26H2,2-7H3,(H,52,54)(H,59,60)/t30-,33-,36-,40+,47-/m1/s1. The number of hydrogen-bond donors (Lipinski definition) is 2. The van der Waals surface area contributed by atoms with E-state index in [9.17, 15) is 37.0 Å². The molecule has 3 heterocycles. The Morgan fingerprint density at radius 1 is 1.06 bits per heavy atom. The van der Waals surface area contributed by atoms with E-state index >= 15 is 0 Å². The minimum Gasteiger partial charge on any atom is -0.497 e. The van der Waals surface area contributed by atoms with Crippen molar-refractivity contribution in [3.8, 4) is 22.9 Å². The molecule has 17 heteroatoms. The van der Waals surface area contributed by atoms with Crippen molar-refractivity contribution in [1.29, 1.82) is 0 Å². The van der Waals surface area contributed by atoms with Crippen LogP contribution in [0.3, 0.4) is 0 Å². The Morgan fingerprint density at radius 3 is 2.43 bits per heavy atom. The summed E-state index contributed by atoms with van der Waals surface area (Å²) in [4.78, 5) is 66.2. The molecular weight excluding hydrogens is 881 g/mol. The number of aromatic nitrogens is 2. The number of methoxy groups -OCH3 is 1. The number of fused-ring (bicyclic) bond motifs is 1. The first-order chi connectivity index (χ1) is 30.6. The summed E-state index contributed by atoms with van der Waals surface area (Å²) in [5.41, 5.74) is -0.471. The lowest BCUT2D eigenvalue weighted by atomic mass is 9.77. The van der Waals surface area contributed by atoms with E-state index in [0.717, 1.165) is 31.7 Å². The Labute approximate surface area is 381 Å². The number of benzene rings is 2. The molecule has 3 fully saturated rings. The molecule has 1 aliphatic heterocycles. The molecule has 0 bridgehead atoms. The number of rotatable bonds is 17. The smallest absolute Gasteiger partial charge is 0.416 e. The van der Waals surface area contributed by atoms with Gasteiger partial charge in [-0.1, -0.05) is 45.0 Å². The van der Waals surface area contributed by atoms with Crippen molar-refractivity contribution in [1.82, 2.24) is 14.9 Å². The van der Waals surface area contributed by atoms with Gasteiger partial charge in [-0.05, 0) is 81.0 Å². The topological polar surface area (TPSA) is 157 Å². The Kier molecular flexibility index (Phi) is 14.0. The van der Waals surface area contributed by atoms with Gasteiger partial charge in [0.2, 0.25) is 13.3 Å². The molecule has 2 aromatic heterocycles. The number of Topliss-reactive ketones (excluding diaryl/α,β-unsaturated/α-hetero) is 1. The highest BCUT2D eigenvalue weighted by Crippen LogP contribution is 2.74. The number of carbonyl (C=O) groups is 3. The lowest BCUT2D eigenvalue weighted by molar-refractivity contribution is -0.156. The van der Waals surface area contributed by atoms with E-state index in [1.165, 1.54) is 40.5 Å². The van der Waals surface area contributed by atoms with Gasteiger partial charge in [0.15, 0.2) is 10.9 Å². The molecule has 1 amide bonds.